The molecule has 3 N–H and O–H groups in total. The Morgan fingerprint density at radius 3 is 3.08 bits per heavy atom. The zero-order valence-electron chi connectivity index (χ0n) is 6.56. The second-order valence-electron chi connectivity index (χ2n) is 2.74. The molecule has 2 aromatic heterocycles. The highest BCUT2D eigenvalue weighted by Crippen LogP contribution is 2.27. The van der Waals surface area contributed by atoms with Crippen molar-refractivity contribution < 1.29 is 0 Å². The fourth-order valence-electron chi connectivity index (χ4n) is 1.19. The second kappa shape index (κ2) is 2.38. The van der Waals surface area contributed by atoms with Crippen molar-refractivity contribution in [1.29, 1.82) is 0 Å². The topological polar surface area (TPSA) is 54.7 Å². The van der Waals surface area contributed by atoms with Crippen molar-refractivity contribution in [3.63, 3.8) is 0 Å². The van der Waals surface area contributed by atoms with Crippen LogP contribution in [0.1, 0.15) is 5.69 Å². The minimum atomic E-state index is 0.517. The molecule has 0 aliphatic rings. The first-order valence-electron chi connectivity index (χ1n) is 3.58. The monoisotopic (exact) mass is 181 g/mol. The Morgan fingerprint density at radius 1 is 1.58 bits per heavy atom. The number of hydrogen-bond acceptors (Lipinski definition) is 2. The first-order chi connectivity index (χ1) is 5.68. The van der Waals surface area contributed by atoms with E-state index in [4.69, 9.17) is 17.3 Å². The van der Waals surface area contributed by atoms with E-state index in [-0.39, 0.29) is 0 Å². The van der Waals surface area contributed by atoms with Crippen LogP contribution >= 0.6 is 11.6 Å². The maximum atomic E-state index is 5.95. The van der Waals surface area contributed by atoms with Crippen LogP contribution < -0.4 is 5.73 Å². The number of nitrogen functional groups attached to an aromatic ring is 1. The fraction of sp³-hybridized carbons (Fsp3) is 0.125. The number of aromatic amines is 1. The van der Waals surface area contributed by atoms with Crippen molar-refractivity contribution in [2.75, 3.05) is 5.73 Å². The molecule has 0 bridgehead atoms. The second-order valence-corrected chi connectivity index (χ2v) is 3.12. The quantitative estimate of drug-likeness (QED) is 0.654. The number of aromatic nitrogens is 2. The normalized spacial score (nSPS) is 10.8. The molecule has 0 fully saturated rings. The van der Waals surface area contributed by atoms with Gasteiger partial charge in [-0.25, -0.2) is 4.98 Å². The Hall–Kier alpha value is -1.22. The van der Waals surface area contributed by atoms with Crippen molar-refractivity contribution in [1.82, 2.24) is 9.97 Å². The van der Waals surface area contributed by atoms with E-state index in [0.29, 0.717) is 10.7 Å². The predicted molar refractivity (Wildman–Crippen MR) is 50.3 cm³/mol. The summed E-state index contributed by atoms with van der Waals surface area (Å²) in [6.45, 7) is 1.95. The summed E-state index contributed by atoms with van der Waals surface area (Å²) in [6, 6.07) is 1.93. The first-order valence-corrected chi connectivity index (χ1v) is 3.95. The highest BCUT2D eigenvalue weighted by Gasteiger charge is 2.05. The molecule has 0 spiro atoms. The van der Waals surface area contributed by atoms with Gasteiger partial charge in [-0.1, -0.05) is 11.6 Å². The number of pyridine rings is 1. The summed E-state index contributed by atoms with van der Waals surface area (Å²) in [6.07, 6.45) is 1.56. The third-order valence-corrected chi connectivity index (χ3v) is 2.18. The average molecular weight is 182 g/mol. The Bertz CT molecular complexity index is 433. The van der Waals surface area contributed by atoms with E-state index in [0.717, 1.165) is 16.7 Å². The molecule has 2 rings (SSSR count). The van der Waals surface area contributed by atoms with Crippen LogP contribution in [0.5, 0.6) is 0 Å². The van der Waals surface area contributed by atoms with E-state index < -0.39 is 0 Å². The molecule has 62 valence electrons. The number of fused-ring (bicyclic) bond motifs is 1. The molecule has 4 heteroatoms. The van der Waals surface area contributed by atoms with E-state index in [1.165, 1.54) is 0 Å². The lowest BCUT2D eigenvalue weighted by Gasteiger charge is -1.96. The summed E-state index contributed by atoms with van der Waals surface area (Å²) in [4.78, 5) is 7.17. The molecule has 0 amide bonds. The molecule has 0 saturated heterocycles. The van der Waals surface area contributed by atoms with Crippen molar-refractivity contribution >= 4 is 28.3 Å². The van der Waals surface area contributed by atoms with Crippen LogP contribution in [-0.2, 0) is 0 Å². The van der Waals surface area contributed by atoms with E-state index in [9.17, 15) is 0 Å². The van der Waals surface area contributed by atoms with Gasteiger partial charge in [-0.2, -0.15) is 0 Å². The molecule has 0 aliphatic carbocycles. The van der Waals surface area contributed by atoms with Crippen molar-refractivity contribution in [3.8, 4) is 0 Å². The number of hydrogen-bond donors (Lipinski definition) is 2. The SMILES string of the molecule is Cc1cc2c(Cl)c(N)cnc2[nH]1. The average Bonchev–Trinajstić information content (AvgIpc) is 2.39. The minimum Gasteiger partial charge on any atom is -0.396 e. The maximum absolute atomic E-state index is 5.95. The molecule has 2 aromatic rings. The minimum absolute atomic E-state index is 0.517. The molecule has 3 nitrogen and oxygen atoms in total. The van der Waals surface area contributed by atoms with Gasteiger partial charge in [0.15, 0.2) is 0 Å². The molecule has 12 heavy (non-hydrogen) atoms. The van der Waals surface area contributed by atoms with Gasteiger partial charge in [0, 0.05) is 11.1 Å². The van der Waals surface area contributed by atoms with Gasteiger partial charge >= 0.3 is 0 Å². The highest BCUT2D eigenvalue weighted by atomic mass is 35.5. The van der Waals surface area contributed by atoms with Gasteiger partial charge in [-0.15, -0.1) is 0 Å². The molecule has 2 heterocycles. The molecule has 0 aliphatic heterocycles. The third kappa shape index (κ3) is 0.940. The van der Waals surface area contributed by atoms with Gasteiger partial charge in [-0.3, -0.25) is 0 Å². The Kier molecular flexibility index (Phi) is 1.48. The van der Waals surface area contributed by atoms with Gasteiger partial charge in [0.25, 0.3) is 0 Å². The predicted octanol–water partition coefficient (Wildman–Crippen LogP) is 2.11. The van der Waals surface area contributed by atoms with Crippen LogP contribution in [0, 0.1) is 6.92 Å². The summed E-state index contributed by atoms with van der Waals surface area (Å²) in [5, 5.41) is 1.46. The summed E-state index contributed by atoms with van der Waals surface area (Å²) < 4.78 is 0. The number of nitrogens with one attached hydrogen (secondary N) is 1. The lowest BCUT2D eigenvalue weighted by Crippen LogP contribution is -1.88. The number of rotatable bonds is 0. The lowest BCUT2D eigenvalue weighted by molar-refractivity contribution is 1.25. The van der Waals surface area contributed by atoms with Crippen LogP contribution in [0.25, 0.3) is 11.0 Å². The number of nitrogens with two attached hydrogens (primary N) is 1. The molecule has 0 unspecified atom stereocenters. The van der Waals surface area contributed by atoms with E-state index in [1.807, 2.05) is 13.0 Å². The molecule has 0 saturated carbocycles. The highest BCUT2D eigenvalue weighted by molar-refractivity contribution is 6.37. The van der Waals surface area contributed by atoms with E-state index >= 15 is 0 Å². The number of anilines is 1. The van der Waals surface area contributed by atoms with Gasteiger partial charge in [-0.05, 0) is 13.0 Å². The Labute approximate surface area is 74.5 Å². The number of nitrogens with zero attached hydrogens (tertiary/aromatic N) is 1. The zero-order chi connectivity index (χ0) is 8.72. The van der Waals surface area contributed by atoms with Crippen molar-refractivity contribution in [3.05, 3.63) is 23.0 Å². The van der Waals surface area contributed by atoms with Gasteiger partial charge in [0.05, 0.1) is 16.9 Å². The lowest BCUT2D eigenvalue weighted by atomic mass is 10.3. The standard InChI is InChI=1S/C8H8ClN3/c1-4-2-5-7(9)6(10)3-11-8(5)12-4/h2-3H,10H2,1H3,(H,11,12). The third-order valence-electron chi connectivity index (χ3n) is 1.75. The van der Waals surface area contributed by atoms with E-state index in [2.05, 4.69) is 9.97 Å². The fourth-order valence-corrected chi connectivity index (χ4v) is 1.38. The molecule has 0 atom stereocenters. The smallest absolute Gasteiger partial charge is 0.139 e. The summed E-state index contributed by atoms with van der Waals surface area (Å²) in [5.74, 6) is 0. The maximum Gasteiger partial charge on any atom is 0.139 e. The molecule has 0 aromatic carbocycles. The number of halogens is 1. The van der Waals surface area contributed by atoms with Crippen LogP contribution in [0.15, 0.2) is 12.3 Å². The van der Waals surface area contributed by atoms with Crippen LogP contribution in [0.4, 0.5) is 5.69 Å². The number of H-pyrrole nitrogens is 1. The number of aryl methyl sites for hydroxylation is 1. The van der Waals surface area contributed by atoms with Crippen LogP contribution in [-0.4, -0.2) is 9.97 Å². The largest absolute Gasteiger partial charge is 0.396 e. The zero-order valence-corrected chi connectivity index (χ0v) is 7.31. The van der Waals surface area contributed by atoms with Crippen molar-refractivity contribution in [2.45, 2.75) is 6.92 Å². The van der Waals surface area contributed by atoms with E-state index in [1.54, 1.807) is 6.20 Å². The van der Waals surface area contributed by atoms with Gasteiger partial charge in [0.2, 0.25) is 0 Å². The Morgan fingerprint density at radius 2 is 2.33 bits per heavy atom. The van der Waals surface area contributed by atoms with Gasteiger partial charge in [0.1, 0.15) is 5.65 Å². The molecule has 0 radical (unpaired) electrons. The van der Waals surface area contributed by atoms with Gasteiger partial charge < -0.3 is 10.7 Å². The molecular weight excluding hydrogens is 174 g/mol. The molecular formula is C8H8ClN3. The Balaban J connectivity index is 2.89. The van der Waals surface area contributed by atoms with Crippen molar-refractivity contribution in [2.24, 2.45) is 0 Å². The summed E-state index contributed by atoms with van der Waals surface area (Å²) in [5.41, 5.74) is 7.92. The van der Waals surface area contributed by atoms with Crippen LogP contribution in [0.2, 0.25) is 5.02 Å². The first kappa shape index (κ1) is 7.43. The van der Waals surface area contributed by atoms with Crippen LogP contribution in [0.3, 0.4) is 0 Å². The summed E-state index contributed by atoms with van der Waals surface area (Å²) in [7, 11) is 0. The summed E-state index contributed by atoms with van der Waals surface area (Å²) >= 11 is 5.95.